The molecule has 2 N–H and O–H groups in total. The third-order valence-electron chi connectivity index (χ3n) is 4.94. The summed E-state index contributed by atoms with van der Waals surface area (Å²) in [4.78, 5) is 34.4. The number of aryl methyl sites for hydroxylation is 1. The fourth-order valence-electron chi connectivity index (χ4n) is 3.46. The summed E-state index contributed by atoms with van der Waals surface area (Å²) < 4.78 is 0. The summed E-state index contributed by atoms with van der Waals surface area (Å²) in [6.45, 7) is 4.44. The zero-order chi connectivity index (χ0) is 18.6. The first-order chi connectivity index (χ1) is 13.2. The highest BCUT2D eigenvalue weighted by Crippen LogP contribution is 2.19. The summed E-state index contributed by atoms with van der Waals surface area (Å²) in [5.41, 5.74) is 3.59. The monoisotopic (exact) mass is 364 g/mol. The van der Waals surface area contributed by atoms with Crippen LogP contribution < -0.4 is 5.56 Å². The second-order valence-corrected chi connectivity index (χ2v) is 7.00. The lowest BCUT2D eigenvalue weighted by atomic mass is 10.1. The van der Waals surface area contributed by atoms with Crippen LogP contribution in [0.4, 0.5) is 0 Å². The van der Waals surface area contributed by atoms with E-state index in [-0.39, 0.29) is 5.56 Å². The van der Waals surface area contributed by atoms with Crippen LogP contribution in [0.25, 0.3) is 11.4 Å². The average molecular weight is 364 g/mol. The van der Waals surface area contributed by atoms with E-state index in [4.69, 9.17) is 4.98 Å². The van der Waals surface area contributed by atoms with Crippen LogP contribution in [0.5, 0.6) is 0 Å². The minimum Gasteiger partial charge on any atom is -0.345 e. The van der Waals surface area contributed by atoms with Gasteiger partial charge in [0, 0.05) is 62.3 Å². The van der Waals surface area contributed by atoms with Gasteiger partial charge in [-0.3, -0.25) is 14.7 Å². The molecule has 0 atom stereocenters. The van der Waals surface area contributed by atoms with E-state index in [1.165, 1.54) is 0 Å². The maximum absolute atomic E-state index is 12.6. The number of hydrogen-bond acceptors (Lipinski definition) is 5. The molecule has 0 aromatic carbocycles. The van der Waals surface area contributed by atoms with Crippen molar-refractivity contribution in [1.29, 1.82) is 0 Å². The van der Waals surface area contributed by atoms with E-state index in [0.717, 1.165) is 67.1 Å². The van der Waals surface area contributed by atoms with Crippen molar-refractivity contribution in [2.45, 2.75) is 45.7 Å². The van der Waals surface area contributed by atoms with Crippen molar-refractivity contribution in [2.75, 3.05) is 6.54 Å². The predicted molar refractivity (Wildman–Crippen MR) is 103 cm³/mol. The number of imidazole rings is 1. The second-order valence-electron chi connectivity index (χ2n) is 7.00. The van der Waals surface area contributed by atoms with Gasteiger partial charge in [-0.2, -0.15) is 0 Å². The van der Waals surface area contributed by atoms with Crippen LogP contribution >= 0.6 is 0 Å². The maximum atomic E-state index is 12.6. The molecule has 7 nitrogen and oxygen atoms in total. The van der Waals surface area contributed by atoms with Crippen LogP contribution in [0, 0.1) is 0 Å². The quantitative estimate of drug-likeness (QED) is 0.701. The van der Waals surface area contributed by atoms with Crippen molar-refractivity contribution in [1.82, 2.24) is 29.8 Å². The van der Waals surface area contributed by atoms with Crippen LogP contribution in [0.1, 0.15) is 42.5 Å². The maximum Gasteiger partial charge on any atom is 0.255 e. The van der Waals surface area contributed by atoms with Crippen molar-refractivity contribution < 1.29 is 0 Å². The van der Waals surface area contributed by atoms with Gasteiger partial charge in [0.1, 0.15) is 11.6 Å². The van der Waals surface area contributed by atoms with E-state index in [1.807, 2.05) is 18.3 Å². The lowest BCUT2D eigenvalue weighted by Gasteiger charge is -2.27. The first kappa shape index (κ1) is 17.6. The molecule has 4 rings (SSSR count). The zero-order valence-corrected chi connectivity index (χ0v) is 15.5. The third kappa shape index (κ3) is 3.98. The molecule has 0 unspecified atom stereocenters. The Morgan fingerprint density at radius 3 is 2.89 bits per heavy atom. The molecule has 27 heavy (non-hydrogen) atoms. The fourth-order valence-corrected chi connectivity index (χ4v) is 3.46. The number of nitrogens with one attached hydrogen (secondary N) is 2. The molecule has 0 saturated carbocycles. The van der Waals surface area contributed by atoms with Crippen molar-refractivity contribution >= 4 is 0 Å². The molecule has 0 bridgehead atoms. The number of H-pyrrole nitrogens is 2. The number of hydrogen-bond donors (Lipinski definition) is 2. The van der Waals surface area contributed by atoms with Gasteiger partial charge in [0.15, 0.2) is 0 Å². The van der Waals surface area contributed by atoms with Crippen molar-refractivity contribution in [3.8, 4) is 11.4 Å². The molecule has 1 aliphatic heterocycles. The highest BCUT2D eigenvalue weighted by Gasteiger charge is 2.22. The van der Waals surface area contributed by atoms with Crippen molar-refractivity contribution in [2.24, 2.45) is 0 Å². The van der Waals surface area contributed by atoms with E-state index in [9.17, 15) is 4.79 Å². The Kier molecular flexibility index (Phi) is 5.11. The summed E-state index contributed by atoms with van der Waals surface area (Å²) in [5.74, 6) is 1.66. The van der Waals surface area contributed by atoms with Gasteiger partial charge in [-0.15, -0.1) is 0 Å². The summed E-state index contributed by atoms with van der Waals surface area (Å²) in [6.07, 6.45) is 9.39. The molecule has 0 amide bonds. The van der Waals surface area contributed by atoms with Gasteiger partial charge in [-0.25, -0.2) is 9.97 Å². The zero-order valence-electron chi connectivity index (χ0n) is 15.5. The van der Waals surface area contributed by atoms with E-state index in [2.05, 4.69) is 31.8 Å². The normalized spacial score (nSPS) is 14.3. The van der Waals surface area contributed by atoms with Gasteiger partial charge in [0.05, 0.1) is 11.3 Å². The molecule has 0 spiro atoms. The van der Waals surface area contributed by atoms with Crippen LogP contribution in [0.3, 0.4) is 0 Å². The number of rotatable bonds is 6. The summed E-state index contributed by atoms with van der Waals surface area (Å²) >= 11 is 0. The Morgan fingerprint density at radius 2 is 2.07 bits per heavy atom. The lowest BCUT2D eigenvalue weighted by molar-refractivity contribution is 0.239. The Morgan fingerprint density at radius 1 is 1.22 bits per heavy atom. The van der Waals surface area contributed by atoms with E-state index in [1.54, 1.807) is 12.4 Å². The highest BCUT2D eigenvalue weighted by molar-refractivity contribution is 5.54. The summed E-state index contributed by atoms with van der Waals surface area (Å²) in [5, 5.41) is 0. The molecule has 7 heteroatoms. The Hall–Kier alpha value is -2.80. The first-order valence-corrected chi connectivity index (χ1v) is 9.50. The van der Waals surface area contributed by atoms with Gasteiger partial charge in [0.2, 0.25) is 0 Å². The van der Waals surface area contributed by atoms with Gasteiger partial charge in [0.25, 0.3) is 5.56 Å². The number of nitrogens with zero attached hydrogens (tertiary/aromatic N) is 4. The lowest BCUT2D eigenvalue weighted by Crippen LogP contribution is -2.35. The second kappa shape index (κ2) is 7.84. The molecule has 4 heterocycles. The van der Waals surface area contributed by atoms with Gasteiger partial charge in [-0.05, 0) is 18.6 Å². The van der Waals surface area contributed by atoms with Crippen LogP contribution in [-0.2, 0) is 25.9 Å². The molecular weight excluding hydrogens is 340 g/mol. The fraction of sp³-hybridized carbons (Fsp3) is 0.400. The molecule has 0 fully saturated rings. The number of pyridine rings is 1. The molecule has 3 aromatic heterocycles. The molecular formula is C20H24N6O. The molecule has 140 valence electrons. The number of aromatic amines is 2. The number of unbranched alkanes of at least 4 members (excludes halogenated alkanes) is 1. The molecule has 3 aromatic rings. The van der Waals surface area contributed by atoms with Crippen LogP contribution in [0.15, 0.2) is 35.5 Å². The van der Waals surface area contributed by atoms with Crippen molar-refractivity contribution in [3.63, 3.8) is 0 Å². The van der Waals surface area contributed by atoms with E-state index >= 15 is 0 Å². The van der Waals surface area contributed by atoms with Crippen LogP contribution in [-0.4, -0.2) is 36.4 Å². The van der Waals surface area contributed by atoms with Crippen molar-refractivity contribution in [3.05, 3.63) is 63.9 Å². The Bertz CT molecular complexity index is 962. The SMILES string of the molecule is CCCCc1ncc(CN2CCc3nc(-c4ccncc4)[nH]c(=O)c3C2)[nH]1. The summed E-state index contributed by atoms with van der Waals surface area (Å²) in [7, 11) is 0. The predicted octanol–water partition coefficient (Wildman–Crippen LogP) is 2.46. The van der Waals surface area contributed by atoms with Gasteiger partial charge in [-0.1, -0.05) is 13.3 Å². The van der Waals surface area contributed by atoms with Gasteiger partial charge < -0.3 is 9.97 Å². The molecule has 0 aliphatic carbocycles. The molecule has 0 saturated heterocycles. The van der Waals surface area contributed by atoms with E-state index < -0.39 is 0 Å². The summed E-state index contributed by atoms with van der Waals surface area (Å²) in [6, 6.07) is 3.71. The Balaban J connectivity index is 1.48. The minimum atomic E-state index is -0.0512. The first-order valence-electron chi connectivity index (χ1n) is 9.50. The van der Waals surface area contributed by atoms with E-state index in [0.29, 0.717) is 12.4 Å². The standard InChI is InChI=1S/C20H24N6O/c1-2-3-4-18-22-11-15(23-18)12-26-10-7-17-16(13-26)20(27)25-19(24-17)14-5-8-21-9-6-14/h5-6,8-9,11H,2-4,7,10,12-13H2,1H3,(H,22,23)(H,24,25,27). The topological polar surface area (TPSA) is 90.6 Å². The molecule has 1 aliphatic rings. The third-order valence-corrected chi connectivity index (χ3v) is 4.94. The average Bonchev–Trinajstić information content (AvgIpc) is 3.14. The molecule has 0 radical (unpaired) electrons. The Labute approximate surface area is 157 Å². The largest absolute Gasteiger partial charge is 0.345 e. The number of fused-ring (bicyclic) bond motifs is 1. The highest BCUT2D eigenvalue weighted by atomic mass is 16.1. The number of aromatic nitrogens is 5. The van der Waals surface area contributed by atoms with Gasteiger partial charge >= 0.3 is 0 Å². The smallest absolute Gasteiger partial charge is 0.255 e. The van der Waals surface area contributed by atoms with Crippen LogP contribution in [0.2, 0.25) is 0 Å². The minimum absolute atomic E-state index is 0.0512.